The van der Waals surface area contributed by atoms with Crippen molar-refractivity contribution < 1.29 is 27.4 Å². The standard InChI is InChI=1S/C54H37N5/c1-54(2)45-24-12-8-19-38(45)39-30-29-36(32-46(39)54)37-18-6-7-23-44(37)51-55-52(58-47-25-13-9-20-40(47)41-21-10-14-26-48(41)58)57-53(56-51)59-49-27-15-11-22-42(49)43-31-28-35(33-50(43)59)34-16-4-3-5-17-34/h3-33H,1-2H3/i3D,4D,5D,9D,10D,11D,13D,14D,15D,16D,17D,20D,21D,22D,25D,26D,27D,28D,31D,33D. The normalized spacial score (nSPS) is 17.8. The number of rotatable bonds is 5. The van der Waals surface area contributed by atoms with Gasteiger partial charge in [0.15, 0.2) is 5.82 Å². The van der Waals surface area contributed by atoms with Crippen molar-refractivity contribution in [3.05, 3.63) is 199 Å². The molecule has 5 heteroatoms. The van der Waals surface area contributed by atoms with Gasteiger partial charge >= 0.3 is 0 Å². The molecule has 0 radical (unpaired) electrons. The molecule has 0 amide bonds. The van der Waals surface area contributed by atoms with Gasteiger partial charge in [-0.2, -0.15) is 15.0 Å². The van der Waals surface area contributed by atoms with Crippen molar-refractivity contribution in [2.24, 2.45) is 0 Å². The predicted molar refractivity (Wildman–Crippen MR) is 242 cm³/mol. The van der Waals surface area contributed by atoms with Gasteiger partial charge in [-0.05, 0) is 74.7 Å². The first kappa shape index (κ1) is 19.2. The van der Waals surface area contributed by atoms with Crippen molar-refractivity contribution in [3.63, 3.8) is 0 Å². The van der Waals surface area contributed by atoms with Gasteiger partial charge in [-0.3, -0.25) is 9.13 Å². The molecule has 278 valence electrons. The quantitative estimate of drug-likeness (QED) is 0.175. The first-order valence-electron chi connectivity index (χ1n) is 28.6. The minimum absolute atomic E-state index is 0.216. The topological polar surface area (TPSA) is 48.5 Å². The summed E-state index contributed by atoms with van der Waals surface area (Å²) in [7, 11) is 0. The van der Waals surface area contributed by atoms with Gasteiger partial charge in [0.2, 0.25) is 11.9 Å². The van der Waals surface area contributed by atoms with Crippen LogP contribution >= 0.6 is 0 Å². The van der Waals surface area contributed by atoms with E-state index in [1.54, 1.807) is 24.3 Å². The lowest BCUT2D eigenvalue weighted by atomic mass is 9.81. The number of nitrogens with zero attached hydrogens (tertiary/aromatic N) is 5. The maximum atomic E-state index is 9.96. The van der Waals surface area contributed by atoms with Crippen LogP contribution in [-0.2, 0) is 5.41 Å². The van der Waals surface area contributed by atoms with E-state index in [2.05, 4.69) is 26.0 Å². The third-order valence-corrected chi connectivity index (χ3v) is 11.0. The lowest BCUT2D eigenvalue weighted by Gasteiger charge is -2.22. The highest BCUT2D eigenvalue weighted by atomic mass is 15.3. The Hall–Kier alpha value is -7.63. The first-order chi connectivity index (χ1) is 37.3. The Kier molecular flexibility index (Phi) is 4.13. The molecule has 5 nitrogen and oxygen atoms in total. The number of hydrogen-bond donors (Lipinski definition) is 0. The Morgan fingerprint density at radius 1 is 0.424 bits per heavy atom. The van der Waals surface area contributed by atoms with Crippen molar-refractivity contribution in [3.8, 4) is 56.7 Å². The van der Waals surface area contributed by atoms with Crippen molar-refractivity contribution in [1.82, 2.24) is 24.1 Å². The maximum absolute atomic E-state index is 9.96. The van der Waals surface area contributed by atoms with Crippen LogP contribution in [0.4, 0.5) is 0 Å². The minimum Gasteiger partial charge on any atom is -0.278 e. The zero-order chi connectivity index (χ0) is 56.6. The highest BCUT2D eigenvalue weighted by Gasteiger charge is 2.35. The van der Waals surface area contributed by atoms with Crippen LogP contribution in [0.1, 0.15) is 52.4 Å². The van der Waals surface area contributed by atoms with Crippen LogP contribution in [0.15, 0.2) is 188 Å². The fourth-order valence-corrected chi connectivity index (χ4v) is 8.31. The number of aromatic nitrogens is 5. The van der Waals surface area contributed by atoms with Crippen LogP contribution in [0.2, 0.25) is 0 Å². The van der Waals surface area contributed by atoms with Crippen molar-refractivity contribution >= 4 is 43.6 Å². The van der Waals surface area contributed by atoms with Crippen LogP contribution in [-0.4, -0.2) is 24.1 Å². The third kappa shape index (κ3) is 5.01. The second kappa shape index (κ2) is 12.7. The van der Waals surface area contributed by atoms with E-state index in [1.165, 1.54) is 0 Å². The van der Waals surface area contributed by atoms with Crippen LogP contribution < -0.4 is 0 Å². The summed E-state index contributed by atoms with van der Waals surface area (Å²) in [6, 6.07) is 5.95. The van der Waals surface area contributed by atoms with Crippen molar-refractivity contribution in [1.29, 1.82) is 0 Å². The summed E-state index contributed by atoms with van der Waals surface area (Å²) in [5.41, 5.74) is 2.30. The van der Waals surface area contributed by atoms with E-state index >= 15 is 0 Å². The lowest BCUT2D eigenvalue weighted by molar-refractivity contribution is 0.660. The average Bonchev–Trinajstić information content (AvgIpc) is 4.29. The largest absolute Gasteiger partial charge is 0.278 e. The summed E-state index contributed by atoms with van der Waals surface area (Å²) >= 11 is 0. The molecule has 0 atom stereocenters. The molecule has 3 heterocycles. The third-order valence-electron chi connectivity index (χ3n) is 11.0. The Labute approximate surface area is 369 Å². The minimum atomic E-state index is -0.820. The van der Waals surface area contributed by atoms with Crippen molar-refractivity contribution in [2.75, 3.05) is 0 Å². The van der Waals surface area contributed by atoms with Gasteiger partial charge in [-0.1, -0.05) is 171 Å². The summed E-state index contributed by atoms with van der Waals surface area (Å²) < 4.78 is 182. The Balaban J connectivity index is 1.29. The van der Waals surface area contributed by atoms with Gasteiger partial charge in [-0.25, -0.2) is 0 Å². The van der Waals surface area contributed by atoms with E-state index in [-0.39, 0.29) is 38.6 Å². The monoisotopic (exact) mass is 775 g/mol. The number of fused-ring (bicyclic) bond motifs is 9. The molecule has 11 aromatic rings. The molecule has 8 aromatic carbocycles. The number of para-hydroxylation sites is 3. The van der Waals surface area contributed by atoms with Crippen LogP contribution in [0, 0.1) is 0 Å². The highest BCUT2D eigenvalue weighted by Crippen LogP contribution is 2.50. The van der Waals surface area contributed by atoms with Crippen LogP contribution in [0.5, 0.6) is 0 Å². The number of hydrogen-bond acceptors (Lipinski definition) is 3. The van der Waals surface area contributed by atoms with Crippen LogP contribution in [0.25, 0.3) is 100 Å². The molecule has 1 aliphatic rings. The van der Waals surface area contributed by atoms with Gasteiger partial charge in [0.25, 0.3) is 0 Å². The zero-order valence-electron chi connectivity index (χ0n) is 51.1. The molecular weight excluding hydrogens is 719 g/mol. The molecule has 0 bridgehead atoms. The summed E-state index contributed by atoms with van der Waals surface area (Å²) in [5.74, 6) is -1.35. The number of benzene rings is 8. The maximum Gasteiger partial charge on any atom is 0.240 e. The van der Waals surface area contributed by atoms with E-state index < -0.39 is 166 Å². The Morgan fingerprint density at radius 3 is 1.61 bits per heavy atom. The van der Waals surface area contributed by atoms with Gasteiger partial charge in [0, 0.05) is 32.5 Å². The summed E-state index contributed by atoms with van der Waals surface area (Å²) in [6.45, 7) is 4.23. The molecule has 0 N–H and O–H groups in total. The molecule has 0 saturated carbocycles. The lowest BCUT2D eigenvalue weighted by Crippen LogP contribution is -2.14. The van der Waals surface area contributed by atoms with E-state index in [4.69, 9.17) is 32.8 Å². The van der Waals surface area contributed by atoms with E-state index in [1.807, 2.05) is 30.3 Å². The molecular formula is C54H37N5. The van der Waals surface area contributed by atoms with E-state index in [0.29, 0.717) is 11.1 Å². The molecule has 0 aliphatic heterocycles. The molecule has 0 saturated heterocycles. The SMILES string of the molecule is [2H]c1c([2H])c([2H])c(-c2c([2H])c([2H])c3c4c([2H])c([2H])c([2H])c([2H])c4n(-c4nc(-c5ccccc5-c5ccc6c(c5)C(C)(C)c5ccccc5-6)nc(-n5c6c([2H])c([2H])c([2H])c([2H])c6c6c([2H])c([2H])c([2H])c([2H])c65)n4)c3c2[2H])c([2H])c1[2H]. The van der Waals surface area contributed by atoms with E-state index in [9.17, 15) is 9.60 Å². The predicted octanol–water partition coefficient (Wildman–Crippen LogP) is 13.4. The molecule has 12 rings (SSSR count). The Morgan fingerprint density at radius 2 is 0.949 bits per heavy atom. The van der Waals surface area contributed by atoms with Crippen LogP contribution in [0.3, 0.4) is 0 Å². The smallest absolute Gasteiger partial charge is 0.240 e. The first-order valence-corrected chi connectivity index (χ1v) is 18.6. The van der Waals surface area contributed by atoms with Crippen molar-refractivity contribution in [2.45, 2.75) is 19.3 Å². The summed E-state index contributed by atoms with van der Waals surface area (Å²) in [4.78, 5) is 14.8. The second-order valence-electron chi connectivity index (χ2n) is 14.6. The molecule has 0 spiro atoms. The fraction of sp³-hybridized carbons (Fsp3) is 0.0556. The molecule has 59 heavy (non-hydrogen) atoms. The molecule has 0 fully saturated rings. The Bertz CT molecular complexity index is 4550. The average molecular weight is 776 g/mol. The van der Waals surface area contributed by atoms with E-state index in [0.717, 1.165) is 31.4 Å². The highest BCUT2D eigenvalue weighted by molar-refractivity contribution is 6.11. The summed E-state index contributed by atoms with van der Waals surface area (Å²) in [6.07, 6.45) is 0. The summed E-state index contributed by atoms with van der Waals surface area (Å²) in [5, 5.41) is -1.42. The van der Waals surface area contributed by atoms with Gasteiger partial charge < -0.3 is 0 Å². The zero-order valence-corrected chi connectivity index (χ0v) is 31.1. The van der Waals surface area contributed by atoms with Gasteiger partial charge in [-0.15, -0.1) is 0 Å². The van der Waals surface area contributed by atoms with Gasteiger partial charge in [0.05, 0.1) is 49.5 Å². The molecule has 0 unspecified atom stereocenters. The second-order valence-corrected chi connectivity index (χ2v) is 14.6. The molecule has 3 aromatic heterocycles. The molecule has 1 aliphatic carbocycles. The fourth-order valence-electron chi connectivity index (χ4n) is 8.31. The van der Waals surface area contributed by atoms with Gasteiger partial charge in [0.1, 0.15) is 0 Å².